The molecule has 0 aromatic carbocycles. The Kier molecular flexibility index (Phi) is 26.4. The third-order valence-corrected chi connectivity index (χ3v) is 6.02. The van der Waals surface area contributed by atoms with Crippen LogP contribution in [0, 0.1) is 0 Å². The van der Waals surface area contributed by atoms with Gasteiger partial charge < -0.3 is 9.84 Å². The zero-order valence-corrected chi connectivity index (χ0v) is 20.9. The molecule has 0 aliphatic carbocycles. The van der Waals surface area contributed by atoms with Gasteiger partial charge in [-0.3, -0.25) is 0 Å². The van der Waals surface area contributed by atoms with Gasteiger partial charge >= 0.3 is 0 Å². The molecule has 0 aromatic rings. The summed E-state index contributed by atoms with van der Waals surface area (Å²) >= 11 is 0. The molecule has 0 amide bonds. The minimum atomic E-state index is -0.538. The van der Waals surface area contributed by atoms with E-state index in [0.717, 1.165) is 25.9 Å². The lowest BCUT2D eigenvalue weighted by molar-refractivity contribution is -0.105. The first-order chi connectivity index (χ1) is 14.8. The maximum absolute atomic E-state index is 9.89. The van der Waals surface area contributed by atoms with Crippen molar-refractivity contribution in [2.45, 2.75) is 161 Å². The van der Waals surface area contributed by atoms with Crippen LogP contribution >= 0.6 is 0 Å². The van der Waals surface area contributed by atoms with Crippen LogP contribution in [0.2, 0.25) is 0 Å². The largest absolute Gasteiger partial charge is 0.368 e. The van der Waals surface area contributed by atoms with Crippen molar-refractivity contribution >= 4 is 0 Å². The molecular formula is C28H56O2. The number of rotatable bonds is 25. The van der Waals surface area contributed by atoms with Crippen molar-refractivity contribution in [1.82, 2.24) is 0 Å². The highest BCUT2D eigenvalue weighted by Crippen LogP contribution is 2.12. The van der Waals surface area contributed by atoms with E-state index >= 15 is 0 Å². The molecule has 0 aromatic heterocycles. The normalized spacial score (nSPS) is 12.8. The van der Waals surface area contributed by atoms with Crippen molar-refractivity contribution in [3.05, 3.63) is 12.2 Å². The highest BCUT2D eigenvalue weighted by atomic mass is 16.6. The van der Waals surface area contributed by atoms with E-state index in [2.05, 4.69) is 26.0 Å². The third-order valence-electron chi connectivity index (χ3n) is 6.02. The summed E-state index contributed by atoms with van der Waals surface area (Å²) in [6.07, 6.45) is 32.6. The van der Waals surface area contributed by atoms with E-state index in [4.69, 9.17) is 4.74 Å². The molecule has 0 spiro atoms. The molecule has 0 rings (SSSR count). The van der Waals surface area contributed by atoms with Gasteiger partial charge in [-0.1, -0.05) is 122 Å². The van der Waals surface area contributed by atoms with Crippen LogP contribution in [0.15, 0.2) is 12.2 Å². The second-order valence-corrected chi connectivity index (χ2v) is 9.17. The third kappa shape index (κ3) is 25.7. The maximum atomic E-state index is 9.89. The highest BCUT2D eigenvalue weighted by Gasteiger charge is 2.03. The second kappa shape index (κ2) is 26.7. The molecule has 1 unspecified atom stereocenters. The van der Waals surface area contributed by atoms with Gasteiger partial charge in [-0.25, -0.2) is 0 Å². The topological polar surface area (TPSA) is 29.5 Å². The summed E-state index contributed by atoms with van der Waals surface area (Å²) in [6, 6.07) is 0. The smallest absolute Gasteiger partial charge is 0.154 e. The van der Waals surface area contributed by atoms with E-state index in [0.29, 0.717) is 0 Å². The zero-order valence-electron chi connectivity index (χ0n) is 20.9. The first-order valence-electron chi connectivity index (χ1n) is 13.8. The summed E-state index contributed by atoms with van der Waals surface area (Å²) in [7, 11) is 0. The van der Waals surface area contributed by atoms with Crippen LogP contribution in [-0.2, 0) is 4.74 Å². The number of aliphatic hydroxyl groups excluding tert-OH is 1. The van der Waals surface area contributed by atoms with Crippen LogP contribution in [0.4, 0.5) is 0 Å². The Bertz CT molecular complexity index is 327. The van der Waals surface area contributed by atoms with Crippen LogP contribution < -0.4 is 0 Å². The van der Waals surface area contributed by atoms with Crippen LogP contribution in [0.5, 0.6) is 0 Å². The Morgan fingerprint density at radius 1 is 0.533 bits per heavy atom. The van der Waals surface area contributed by atoms with Gasteiger partial charge in [0.1, 0.15) is 0 Å². The summed E-state index contributed by atoms with van der Waals surface area (Å²) in [5.41, 5.74) is 0. The molecule has 2 nitrogen and oxygen atoms in total. The summed E-state index contributed by atoms with van der Waals surface area (Å²) in [5, 5.41) is 9.89. The summed E-state index contributed by atoms with van der Waals surface area (Å²) in [5.74, 6) is 0. The lowest BCUT2D eigenvalue weighted by Crippen LogP contribution is -2.12. The van der Waals surface area contributed by atoms with Crippen molar-refractivity contribution in [3.8, 4) is 0 Å². The predicted octanol–water partition coefficient (Wildman–Crippen LogP) is 9.50. The van der Waals surface area contributed by atoms with Gasteiger partial charge in [0.15, 0.2) is 6.29 Å². The quantitative estimate of drug-likeness (QED) is 0.0897. The van der Waals surface area contributed by atoms with Crippen molar-refractivity contribution in [2.24, 2.45) is 0 Å². The molecular weight excluding hydrogens is 368 g/mol. The molecule has 0 aliphatic rings. The van der Waals surface area contributed by atoms with E-state index in [-0.39, 0.29) is 0 Å². The van der Waals surface area contributed by atoms with Crippen molar-refractivity contribution in [2.75, 3.05) is 6.61 Å². The van der Waals surface area contributed by atoms with Gasteiger partial charge in [0.2, 0.25) is 0 Å². The number of ether oxygens (including phenoxy) is 1. The van der Waals surface area contributed by atoms with Gasteiger partial charge in [0, 0.05) is 6.61 Å². The average Bonchev–Trinajstić information content (AvgIpc) is 2.75. The lowest BCUT2D eigenvalue weighted by atomic mass is 10.1. The molecule has 0 bridgehead atoms. The molecule has 1 atom stereocenters. The van der Waals surface area contributed by atoms with Crippen LogP contribution in [0.1, 0.15) is 155 Å². The fourth-order valence-electron chi connectivity index (χ4n) is 3.93. The molecule has 0 saturated heterocycles. The van der Waals surface area contributed by atoms with E-state index in [1.54, 1.807) is 0 Å². The van der Waals surface area contributed by atoms with Crippen molar-refractivity contribution in [3.63, 3.8) is 0 Å². The molecule has 180 valence electrons. The molecule has 0 aliphatic heterocycles. The van der Waals surface area contributed by atoms with Crippen molar-refractivity contribution in [1.29, 1.82) is 0 Å². The van der Waals surface area contributed by atoms with Gasteiger partial charge in [0.25, 0.3) is 0 Å². The SMILES string of the molecule is CCCCCCCC/C=C\CCCCCCCCOC(O)CCCCCCCCC. The highest BCUT2D eigenvalue weighted by molar-refractivity contribution is 4.81. The van der Waals surface area contributed by atoms with Gasteiger partial charge in [-0.05, 0) is 44.9 Å². The standard InChI is InChI=1S/C28H56O2/c1-3-5-7-9-11-12-13-14-15-16-17-18-19-21-23-25-27-30-28(29)26-24-22-20-10-8-6-4-2/h14-15,28-29H,3-13,16-27H2,1-2H3/b15-14-. The molecule has 0 heterocycles. The molecule has 1 N–H and O–H groups in total. The average molecular weight is 425 g/mol. The number of allylic oxidation sites excluding steroid dienone is 2. The molecule has 30 heavy (non-hydrogen) atoms. The Hall–Kier alpha value is -0.340. The van der Waals surface area contributed by atoms with Gasteiger partial charge in [-0.15, -0.1) is 0 Å². The summed E-state index contributed by atoms with van der Waals surface area (Å²) in [6.45, 7) is 5.26. The van der Waals surface area contributed by atoms with Gasteiger partial charge in [0.05, 0.1) is 0 Å². The van der Waals surface area contributed by atoms with Crippen LogP contribution in [0.25, 0.3) is 0 Å². The Morgan fingerprint density at radius 3 is 1.43 bits per heavy atom. The predicted molar refractivity (Wildman–Crippen MR) is 134 cm³/mol. The van der Waals surface area contributed by atoms with E-state index in [1.807, 2.05) is 0 Å². The van der Waals surface area contributed by atoms with Crippen LogP contribution in [0.3, 0.4) is 0 Å². The fourth-order valence-corrected chi connectivity index (χ4v) is 3.93. The number of hydrogen-bond donors (Lipinski definition) is 1. The monoisotopic (exact) mass is 424 g/mol. The van der Waals surface area contributed by atoms with Crippen LogP contribution in [-0.4, -0.2) is 18.0 Å². The molecule has 0 saturated carbocycles. The van der Waals surface area contributed by atoms with E-state index < -0.39 is 6.29 Å². The molecule has 0 radical (unpaired) electrons. The first kappa shape index (κ1) is 29.7. The Morgan fingerprint density at radius 2 is 0.933 bits per heavy atom. The second-order valence-electron chi connectivity index (χ2n) is 9.17. The zero-order chi connectivity index (χ0) is 22.0. The number of aliphatic hydroxyl groups is 1. The number of unbranched alkanes of at least 4 members (excludes halogenated alkanes) is 18. The van der Waals surface area contributed by atoms with Crippen molar-refractivity contribution < 1.29 is 9.84 Å². The summed E-state index contributed by atoms with van der Waals surface area (Å²) in [4.78, 5) is 0. The first-order valence-corrected chi connectivity index (χ1v) is 13.8. The Balaban J connectivity index is 3.17. The fraction of sp³-hybridized carbons (Fsp3) is 0.929. The molecule has 0 fully saturated rings. The molecule has 2 heteroatoms. The lowest BCUT2D eigenvalue weighted by Gasteiger charge is -2.11. The van der Waals surface area contributed by atoms with E-state index in [1.165, 1.54) is 122 Å². The van der Waals surface area contributed by atoms with Gasteiger partial charge in [-0.2, -0.15) is 0 Å². The number of hydrogen-bond acceptors (Lipinski definition) is 2. The van der Waals surface area contributed by atoms with E-state index in [9.17, 15) is 5.11 Å². The Labute approximate surface area is 190 Å². The maximum Gasteiger partial charge on any atom is 0.154 e. The minimum Gasteiger partial charge on any atom is -0.368 e. The minimum absolute atomic E-state index is 0.538. The summed E-state index contributed by atoms with van der Waals surface area (Å²) < 4.78 is 5.55.